The van der Waals surface area contributed by atoms with Crippen molar-refractivity contribution in [1.29, 1.82) is 0 Å². The van der Waals surface area contributed by atoms with E-state index in [9.17, 15) is 17.2 Å². The van der Waals surface area contributed by atoms with Gasteiger partial charge in [0.1, 0.15) is 11.6 Å². The molecular weight excluding hydrogens is 350 g/mol. The molecule has 2 heterocycles. The van der Waals surface area contributed by atoms with Crippen LogP contribution in [-0.2, 0) is 23.0 Å². The molecule has 3 aromatic rings. The lowest BCUT2D eigenvalue weighted by Gasteiger charge is -2.07. The Bertz CT molecular complexity index is 998. The maximum atomic E-state index is 13.6. The van der Waals surface area contributed by atoms with Gasteiger partial charge in [-0.1, -0.05) is 12.1 Å². The largest absolute Gasteiger partial charge is 0.285 e. The average molecular weight is 366 g/mol. The molecular formula is C16H16F2N4O2S. The molecule has 1 aromatic carbocycles. The van der Waals surface area contributed by atoms with Crippen molar-refractivity contribution in [3.63, 3.8) is 0 Å². The quantitative estimate of drug-likeness (QED) is 0.724. The second-order valence-electron chi connectivity index (χ2n) is 5.64. The third kappa shape index (κ3) is 3.99. The van der Waals surface area contributed by atoms with Crippen LogP contribution >= 0.6 is 0 Å². The lowest BCUT2D eigenvalue weighted by Crippen LogP contribution is -2.28. The van der Waals surface area contributed by atoms with E-state index in [2.05, 4.69) is 14.9 Å². The number of sulfonamides is 1. The minimum absolute atomic E-state index is 0.0628. The predicted octanol–water partition coefficient (Wildman–Crippen LogP) is 1.98. The summed E-state index contributed by atoms with van der Waals surface area (Å²) < 4.78 is 55.4. The van der Waals surface area contributed by atoms with Gasteiger partial charge in [-0.05, 0) is 37.1 Å². The van der Waals surface area contributed by atoms with Gasteiger partial charge in [-0.15, -0.1) is 10.2 Å². The number of rotatable bonds is 6. The van der Waals surface area contributed by atoms with Gasteiger partial charge in [-0.25, -0.2) is 21.9 Å². The fourth-order valence-corrected chi connectivity index (χ4v) is 3.39. The second-order valence-corrected chi connectivity index (χ2v) is 7.57. The second kappa shape index (κ2) is 6.85. The molecule has 0 fully saturated rings. The molecule has 0 aliphatic carbocycles. The first-order chi connectivity index (χ1) is 11.9. The third-order valence-electron chi connectivity index (χ3n) is 3.75. The van der Waals surface area contributed by atoms with E-state index >= 15 is 0 Å². The average Bonchev–Trinajstić information content (AvgIpc) is 2.95. The van der Waals surface area contributed by atoms with E-state index in [4.69, 9.17) is 0 Å². The van der Waals surface area contributed by atoms with Crippen LogP contribution in [0.2, 0.25) is 0 Å². The zero-order valence-electron chi connectivity index (χ0n) is 13.4. The van der Waals surface area contributed by atoms with Crippen LogP contribution in [0.15, 0.2) is 36.5 Å². The van der Waals surface area contributed by atoms with Crippen molar-refractivity contribution in [2.45, 2.75) is 19.9 Å². The minimum Gasteiger partial charge on any atom is -0.285 e. The molecule has 0 atom stereocenters. The summed E-state index contributed by atoms with van der Waals surface area (Å²) in [6.45, 7) is 1.84. The molecule has 1 N–H and O–H groups in total. The molecule has 6 nitrogen and oxygen atoms in total. The lowest BCUT2D eigenvalue weighted by molar-refractivity contribution is 0.554. The number of benzene rings is 1. The molecule has 0 radical (unpaired) electrons. The predicted molar refractivity (Wildman–Crippen MR) is 88.4 cm³/mol. The molecule has 0 saturated heterocycles. The standard InChI is InChI=1S/C16H16F2N4O2S/c1-11-5-6-15-20-21-16(22(15)10-11)9-19-25(23,24)8-7-12-13(17)3-2-4-14(12)18/h2-6,10,19H,7-9H2,1H3. The maximum absolute atomic E-state index is 13.6. The van der Waals surface area contributed by atoms with Crippen LogP contribution in [-0.4, -0.2) is 28.8 Å². The van der Waals surface area contributed by atoms with Crippen LogP contribution in [0.5, 0.6) is 0 Å². The molecule has 0 unspecified atom stereocenters. The molecule has 0 bridgehead atoms. The van der Waals surface area contributed by atoms with E-state index in [0.29, 0.717) is 11.5 Å². The van der Waals surface area contributed by atoms with Gasteiger partial charge in [0.25, 0.3) is 0 Å². The van der Waals surface area contributed by atoms with E-state index < -0.39 is 27.4 Å². The van der Waals surface area contributed by atoms with Gasteiger partial charge in [-0.3, -0.25) is 4.40 Å². The first-order valence-corrected chi connectivity index (χ1v) is 9.21. The number of halogens is 2. The number of hydrogen-bond acceptors (Lipinski definition) is 4. The summed E-state index contributed by atoms with van der Waals surface area (Å²) in [6.07, 6.45) is 1.54. The number of aromatic nitrogens is 3. The smallest absolute Gasteiger partial charge is 0.212 e. The van der Waals surface area contributed by atoms with E-state index in [-0.39, 0.29) is 18.5 Å². The highest BCUT2D eigenvalue weighted by Gasteiger charge is 2.16. The van der Waals surface area contributed by atoms with Crippen LogP contribution in [0.1, 0.15) is 17.0 Å². The molecule has 0 aliphatic rings. The Morgan fingerprint density at radius 3 is 2.56 bits per heavy atom. The normalized spacial score (nSPS) is 12.0. The topological polar surface area (TPSA) is 76.4 Å². The molecule has 0 spiro atoms. The zero-order chi connectivity index (χ0) is 18.0. The fraction of sp³-hybridized carbons (Fsp3) is 0.250. The highest BCUT2D eigenvalue weighted by Crippen LogP contribution is 2.13. The molecule has 25 heavy (non-hydrogen) atoms. The molecule has 9 heteroatoms. The fourth-order valence-electron chi connectivity index (χ4n) is 2.42. The van der Waals surface area contributed by atoms with Crippen LogP contribution < -0.4 is 4.72 Å². The summed E-state index contributed by atoms with van der Waals surface area (Å²) in [6, 6.07) is 7.09. The Kier molecular flexibility index (Phi) is 4.78. The van der Waals surface area contributed by atoms with Gasteiger partial charge in [0.2, 0.25) is 10.0 Å². The number of hydrogen-bond donors (Lipinski definition) is 1. The SMILES string of the molecule is Cc1ccc2nnc(CNS(=O)(=O)CCc3c(F)cccc3F)n2c1. The summed E-state index contributed by atoms with van der Waals surface area (Å²) in [5.74, 6) is -1.51. The summed E-state index contributed by atoms with van der Waals surface area (Å²) in [4.78, 5) is 0. The first-order valence-electron chi connectivity index (χ1n) is 7.56. The number of aryl methyl sites for hydroxylation is 1. The zero-order valence-corrected chi connectivity index (χ0v) is 14.2. The summed E-state index contributed by atoms with van der Waals surface area (Å²) in [7, 11) is -3.73. The van der Waals surface area contributed by atoms with Crippen molar-refractivity contribution in [1.82, 2.24) is 19.3 Å². The number of pyridine rings is 1. The molecule has 0 amide bonds. The van der Waals surface area contributed by atoms with Crippen LogP contribution in [0, 0.1) is 18.6 Å². The molecule has 132 valence electrons. The highest BCUT2D eigenvalue weighted by molar-refractivity contribution is 7.89. The van der Waals surface area contributed by atoms with Crippen molar-refractivity contribution < 1.29 is 17.2 Å². The summed E-state index contributed by atoms with van der Waals surface area (Å²) in [5, 5.41) is 7.91. The van der Waals surface area contributed by atoms with Crippen molar-refractivity contribution in [2.75, 3.05) is 5.75 Å². The van der Waals surface area contributed by atoms with E-state index in [1.807, 2.05) is 13.0 Å². The van der Waals surface area contributed by atoms with Gasteiger partial charge in [0, 0.05) is 11.8 Å². The third-order valence-corrected chi connectivity index (χ3v) is 5.08. The maximum Gasteiger partial charge on any atom is 0.212 e. The van der Waals surface area contributed by atoms with Crippen molar-refractivity contribution in [3.05, 3.63) is 65.1 Å². The Balaban J connectivity index is 1.68. The molecule has 3 rings (SSSR count). The highest BCUT2D eigenvalue weighted by atomic mass is 32.2. The molecule has 0 saturated carbocycles. The van der Waals surface area contributed by atoms with Gasteiger partial charge in [-0.2, -0.15) is 0 Å². The van der Waals surface area contributed by atoms with Gasteiger partial charge < -0.3 is 0 Å². The van der Waals surface area contributed by atoms with Gasteiger partial charge >= 0.3 is 0 Å². The lowest BCUT2D eigenvalue weighted by atomic mass is 10.1. The van der Waals surface area contributed by atoms with Gasteiger partial charge in [0.05, 0.1) is 12.3 Å². The van der Waals surface area contributed by atoms with E-state index in [0.717, 1.165) is 17.7 Å². The van der Waals surface area contributed by atoms with E-state index in [1.54, 1.807) is 16.7 Å². The number of nitrogens with zero attached hydrogens (tertiary/aromatic N) is 3. The number of fused-ring (bicyclic) bond motifs is 1. The summed E-state index contributed by atoms with van der Waals surface area (Å²) >= 11 is 0. The Hall–Kier alpha value is -2.39. The van der Waals surface area contributed by atoms with Crippen LogP contribution in [0.3, 0.4) is 0 Å². The van der Waals surface area contributed by atoms with Crippen molar-refractivity contribution in [2.24, 2.45) is 0 Å². The van der Waals surface area contributed by atoms with Crippen molar-refractivity contribution in [3.8, 4) is 0 Å². The monoisotopic (exact) mass is 366 g/mol. The molecule has 0 aliphatic heterocycles. The van der Waals surface area contributed by atoms with Crippen LogP contribution in [0.25, 0.3) is 5.65 Å². The Morgan fingerprint density at radius 1 is 1.12 bits per heavy atom. The minimum atomic E-state index is -3.73. The first kappa shape index (κ1) is 17.4. The van der Waals surface area contributed by atoms with Gasteiger partial charge in [0.15, 0.2) is 11.5 Å². The van der Waals surface area contributed by atoms with E-state index in [1.165, 1.54) is 6.07 Å². The number of nitrogens with one attached hydrogen (secondary N) is 1. The van der Waals surface area contributed by atoms with Crippen molar-refractivity contribution >= 4 is 15.7 Å². The Morgan fingerprint density at radius 2 is 1.84 bits per heavy atom. The van der Waals surface area contributed by atoms with Crippen LogP contribution in [0.4, 0.5) is 8.78 Å². The Labute approximate surface area is 143 Å². The molecule has 2 aromatic heterocycles. The summed E-state index contributed by atoms with van der Waals surface area (Å²) in [5.41, 5.74) is 1.34.